The van der Waals surface area contributed by atoms with Crippen LogP contribution in [-0.4, -0.2) is 29.1 Å². The number of rotatable bonds is 7. The molecule has 2 N–H and O–H groups in total. The standard InChI is InChI=1S/C36H39F2N3O4/c1-22-21-39-32(41-34(43)35(16-17-35)27-13-15-30-31(19-27)45-36(37,38)44-30)20-29(22)25-9-4-10-26(18-25)33(42)40-28-11-5-8-24(12-14-28)23-6-2-3-7-23/h4,9-10,13,15,18-21,23-24,28H,2-3,5-8,11-12,14,16-17H2,1H3,(H,40,42)(H,39,41,43). The zero-order chi connectivity index (χ0) is 31.2. The number of nitrogens with one attached hydrogen (secondary N) is 2. The molecule has 9 heteroatoms. The molecule has 0 saturated heterocycles. The van der Waals surface area contributed by atoms with Crippen molar-refractivity contribution in [1.82, 2.24) is 10.3 Å². The van der Waals surface area contributed by atoms with E-state index in [0.717, 1.165) is 41.4 Å². The van der Waals surface area contributed by atoms with Crippen LogP contribution in [0.1, 0.15) is 92.1 Å². The number of hydrogen-bond acceptors (Lipinski definition) is 5. The lowest BCUT2D eigenvalue weighted by molar-refractivity contribution is -0.286. The second kappa shape index (κ2) is 11.7. The van der Waals surface area contributed by atoms with Gasteiger partial charge in [-0.3, -0.25) is 9.59 Å². The molecule has 1 aliphatic heterocycles. The number of carbonyl (C=O) groups is 2. The van der Waals surface area contributed by atoms with Crippen molar-refractivity contribution < 1.29 is 27.8 Å². The van der Waals surface area contributed by atoms with E-state index in [1.165, 1.54) is 57.1 Å². The molecule has 3 fully saturated rings. The number of halogens is 2. The zero-order valence-corrected chi connectivity index (χ0v) is 25.5. The minimum absolute atomic E-state index is 0.0529. The Kier molecular flexibility index (Phi) is 7.74. The van der Waals surface area contributed by atoms with E-state index in [4.69, 9.17) is 0 Å². The van der Waals surface area contributed by atoms with E-state index in [1.54, 1.807) is 12.3 Å². The second-order valence-corrected chi connectivity index (χ2v) is 13.3. The first-order valence-corrected chi connectivity index (χ1v) is 16.3. The summed E-state index contributed by atoms with van der Waals surface area (Å²) in [5.41, 5.74) is 2.98. The average molecular weight is 616 g/mol. The molecule has 2 atom stereocenters. The molecule has 4 aliphatic rings. The van der Waals surface area contributed by atoms with Crippen molar-refractivity contribution in [2.75, 3.05) is 5.32 Å². The maximum absolute atomic E-state index is 13.5. The molecule has 3 aliphatic carbocycles. The Bertz CT molecular complexity index is 1620. The van der Waals surface area contributed by atoms with Gasteiger partial charge in [0.15, 0.2) is 11.5 Å². The molecule has 0 radical (unpaired) electrons. The van der Waals surface area contributed by atoms with Crippen LogP contribution in [0.3, 0.4) is 0 Å². The molecule has 45 heavy (non-hydrogen) atoms. The number of ether oxygens (including phenoxy) is 2. The highest BCUT2D eigenvalue weighted by Crippen LogP contribution is 2.52. The molecular formula is C36H39F2N3O4. The van der Waals surface area contributed by atoms with Crippen LogP contribution in [-0.2, 0) is 10.2 Å². The molecule has 2 heterocycles. The van der Waals surface area contributed by atoms with Crippen molar-refractivity contribution in [1.29, 1.82) is 0 Å². The van der Waals surface area contributed by atoms with Crippen molar-refractivity contribution in [3.63, 3.8) is 0 Å². The first kappa shape index (κ1) is 29.7. The molecule has 7 rings (SSSR count). The number of benzene rings is 2. The summed E-state index contributed by atoms with van der Waals surface area (Å²) < 4.78 is 36.2. The first-order chi connectivity index (χ1) is 21.7. The van der Waals surface area contributed by atoms with E-state index in [1.807, 2.05) is 37.3 Å². The molecule has 2 unspecified atom stereocenters. The average Bonchev–Trinajstić information content (AvgIpc) is 3.62. The molecule has 3 saturated carbocycles. The molecule has 2 aromatic carbocycles. The summed E-state index contributed by atoms with van der Waals surface area (Å²) in [6, 6.07) is 14.1. The predicted octanol–water partition coefficient (Wildman–Crippen LogP) is 7.92. The van der Waals surface area contributed by atoms with Crippen LogP contribution in [0.4, 0.5) is 14.6 Å². The lowest BCUT2D eigenvalue weighted by Gasteiger charge is -2.21. The highest BCUT2D eigenvalue weighted by molar-refractivity contribution is 6.01. The Hall–Kier alpha value is -4.01. The number of fused-ring (bicyclic) bond motifs is 1. The summed E-state index contributed by atoms with van der Waals surface area (Å²) >= 11 is 0. The molecule has 1 aromatic heterocycles. The van der Waals surface area contributed by atoms with Gasteiger partial charge in [0.1, 0.15) is 5.82 Å². The summed E-state index contributed by atoms with van der Waals surface area (Å²) in [6.45, 7) is 1.94. The minimum atomic E-state index is -3.71. The second-order valence-electron chi connectivity index (χ2n) is 13.3. The fourth-order valence-corrected chi connectivity index (χ4v) is 7.63. The maximum Gasteiger partial charge on any atom is 0.586 e. The summed E-state index contributed by atoms with van der Waals surface area (Å²) in [5.74, 6) is 1.61. The normalized spacial score (nSPS) is 23.3. The van der Waals surface area contributed by atoms with Gasteiger partial charge < -0.3 is 20.1 Å². The van der Waals surface area contributed by atoms with Gasteiger partial charge in [0, 0.05) is 17.8 Å². The van der Waals surface area contributed by atoms with Crippen molar-refractivity contribution in [3.05, 3.63) is 71.4 Å². The number of amides is 2. The third kappa shape index (κ3) is 6.14. The Morgan fingerprint density at radius 2 is 1.62 bits per heavy atom. The van der Waals surface area contributed by atoms with E-state index < -0.39 is 11.7 Å². The fourth-order valence-electron chi connectivity index (χ4n) is 7.63. The third-order valence-corrected chi connectivity index (χ3v) is 10.3. The number of aromatic nitrogens is 1. The van der Waals surface area contributed by atoms with Crippen LogP contribution in [0.5, 0.6) is 11.5 Å². The fraction of sp³-hybridized carbons (Fsp3) is 0.472. The van der Waals surface area contributed by atoms with E-state index in [2.05, 4.69) is 25.1 Å². The lowest BCUT2D eigenvalue weighted by Crippen LogP contribution is -2.34. The first-order valence-electron chi connectivity index (χ1n) is 16.3. The van der Waals surface area contributed by atoms with Crippen LogP contribution < -0.4 is 20.1 Å². The predicted molar refractivity (Wildman–Crippen MR) is 166 cm³/mol. The van der Waals surface area contributed by atoms with Crippen molar-refractivity contribution in [2.24, 2.45) is 11.8 Å². The van der Waals surface area contributed by atoms with Crippen LogP contribution in [0.15, 0.2) is 54.7 Å². The number of aryl methyl sites for hydroxylation is 1. The molecule has 3 aromatic rings. The highest BCUT2D eigenvalue weighted by Gasteiger charge is 2.53. The van der Waals surface area contributed by atoms with Crippen molar-refractivity contribution in [3.8, 4) is 22.6 Å². The summed E-state index contributed by atoms with van der Waals surface area (Å²) in [4.78, 5) is 31.3. The van der Waals surface area contributed by atoms with Gasteiger partial charge in [-0.1, -0.05) is 56.7 Å². The molecule has 0 bridgehead atoms. The summed E-state index contributed by atoms with van der Waals surface area (Å²) in [7, 11) is 0. The van der Waals surface area contributed by atoms with Gasteiger partial charge in [0.25, 0.3) is 5.91 Å². The Morgan fingerprint density at radius 3 is 2.42 bits per heavy atom. The number of carbonyl (C=O) groups excluding carboxylic acids is 2. The van der Waals surface area contributed by atoms with Crippen LogP contribution in [0.2, 0.25) is 0 Å². The number of pyridine rings is 1. The molecule has 7 nitrogen and oxygen atoms in total. The Labute approximate surface area is 262 Å². The van der Waals surface area contributed by atoms with E-state index in [0.29, 0.717) is 29.8 Å². The maximum atomic E-state index is 13.5. The SMILES string of the molecule is Cc1cnc(NC(=O)C2(c3ccc4c(c3)OC(F)(F)O4)CC2)cc1-c1cccc(C(=O)NC2CCCC(C3CCCC3)CC2)c1. The van der Waals surface area contributed by atoms with Crippen LogP contribution in [0.25, 0.3) is 11.1 Å². The molecular weight excluding hydrogens is 576 g/mol. The largest absolute Gasteiger partial charge is 0.586 e. The van der Waals surface area contributed by atoms with Gasteiger partial charge >= 0.3 is 6.29 Å². The van der Waals surface area contributed by atoms with Gasteiger partial charge in [-0.25, -0.2) is 4.98 Å². The number of anilines is 1. The minimum Gasteiger partial charge on any atom is -0.395 e. The number of nitrogens with zero attached hydrogens (tertiary/aromatic N) is 1. The van der Waals surface area contributed by atoms with Gasteiger partial charge in [-0.15, -0.1) is 8.78 Å². The van der Waals surface area contributed by atoms with Crippen molar-refractivity contribution >= 4 is 17.6 Å². The summed E-state index contributed by atoms with van der Waals surface area (Å²) in [6.07, 6.45) is 10.4. The van der Waals surface area contributed by atoms with E-state index in [9.17, 15) is 18.4 Å². The lowest BCUT2D eigenvalue weighted by atomic mass is 9.85. The topological polar surface area (TPSA) is 89.6 Å². The van der Waals surface area contributed by atoms with Crippen molar-refractivity contribution in [2.45, 2.75) is 95.3 Å². The molecule has 236 valence electrons. The number of hydrogen-bond donors (Lipinski definition) is 2. The Morgan fingerprint density at radius 1 is 0.867 bits per heavy atom. The monoisotopic (exact) mass is 615 g/mol. The van der Waals surface area contributed by atoms with Gasteiger partial charge in [-0.05, 0) is 103 Å². The molecule has 0 spiro atoms. The van der Waals surface area contributed by atoms with Gasteiger partial charge in [0.05, 0.1) is 5.41 Å². The van der Waals surface area contributed by atoms with Crippen LogP contribution >= 0.6 is 0 Å². The van der Waals surface area contributed by atoms with E-state index >= 15 is 0 Å². The quantitative estimate of drug-likeness (QED) is 0.264. The summed E-state index contributed by atoms with van der Waals surface area (Å²) in [5, 5.41) is 6.25. The van der Waals surface area contributed by atoms with Crippen LogP contribution in [0, 0.1) is 18.8 Å². The smallest absolute Gasteiger partial charge is 0.395 e. The van der Waals surface area contributed by atoms with Gasteiger partial charge in [0.2, 0.25) is 5.91 Å². The Balaban J connectivity index is 1.03. The molecule has 2 amide bonds. The van der Waals surface area contributed by atoms with Gasteiger partial charge in [-0.2, -0.15) is 0 Å². The third-order valence-electron chi connectivity index (χ3n) is 10.3. The van der Waals surface area contributed by atoms with E-state index in [-0.39, 0.29) is 29.4 Å². The highest BCUT2D eigenvalue weighted by atomic mass is 19.3. The zero-order valence-electron chi connectivity index (χ0n) is 25.5. The number of alkyl halides is 2.